The number of halogens is 1. The third kappa shape index (κ3) is 4.34. The Kier molecular flexibility index (Phi) is 6.73. The highest BCUT2D eigenvalue weighted by Crippen LogP contribution is 2.45. The third-order valence-corrected chi connectivity index (χ3v) is 6.69. The van der Waals surface area contributed by atoms with Crippen LogP contribution in [0.1, 0.15) is 68.9 Å². The van der Waals surface area contributed by atoms with Crippen LogP contribution >= 0.6 is 0 Å². The summed E-state index contributed by atoms with van der Waals surface area (Å²) < 4.78 is 26.2. The molecule has 2 aliphatic carbocycles. The van der Waals surface area contributed by atoms with Gasteiger partial charge in [-0.25, -0.2) is 9.18 Å². The topological polar surface area (TPSA) is 59.4 Å². The zero-order chi connectivity index (χ0) is 22.7. The van der Waals surface area contributed by atoms with Crippen molar-refractivity contribution in [2.75, 3.05) is 7.11 Å². The van der Waals surface area contributed by atoms with Crippen molar-refractivity contribution < 1.29 is 18.7 Å². The van der Waals surface area contributed by atoms with Crippen molar-refractivity contribution in [1.29, 1.82) is 5.41 Å². The van der Waals surface area contributed by atoms with Crippen LogP contribution in [0.5, 0.6) is 5.75 Å². The highest BCUT2D eigenvalue weighted by molar-refractivity contribution is 6.53. The lowest BCUT2D eigenvalue weighted by Gasteiger charge is -2.29. The molecule has 2 aromatic carbocycles. The number of carbonyl (C=O) groups is 1. The molecule has 0 unspecified atom stereocenters. The number of esters is 1. The monoisotopic (exact) mass is 435 g/mol. The number of ether oxygens (including phenoxy) is 2. The summed E-state index contributed by atoms with van der Waals surface area (Å²) >= 11 is 0. The van der Waals surface area contributed by atoms with Crippen LogP contribution < -0.4 is 4.74 Å². The molecule has 0 amide bonds. The minimum Gasteiger partial charge on any atom is -0.490 e. The van der Waals surface area contributed by atoms with Gasteiger partial charge in [0.05, 0.1) is 13.2 Å². The van der Waals surface area contributed by atoms with E-state index in [9.17, 15) is 4.79 Å². The molecule has 1 N–H and O–H groups in total. The van der Waals surface area contributed by atoms with Gasteiger partial charge in [-0.2, -0.15) is 0 Å². The molecule has 0 radical (unpaired) electrons. The lowest BCUT2D eigenvalue weighted by molar-refractivity contribution is -0.132. The molecular formula is C27H30FNO3. The normalized spacial score (nSPS) is 17.2. The van der Waals surface area contributed by atoms with Crippen molar-refractivity contribution in [2.24, 2.45) is 0 Å². The van der Waals surface area contributed by atoms with Gasteiger partial charge in [0.1, 0.15) is 17.3 Å². The maximum atomic E-state index is 15.0. The maximum absolute atomic E-state index is 15.0. The second-order valence-electron chi connectivity index (χ2n) is 8.63. The van der Waals surface area contributed by atoms with Gasteiger partial charge in [-0.1, -0.05) is 30.7 Å². The summed E-state index contributed by atoms with van der Waals surface area (Å²) in [6.45, 7) is 1.79. The van der Waals surface area contributed by atoms with E-state index in [0.717, 1.165) is 67.4 Å². The second-order valence-corrected chi connectivity index (χ2v) is 8.63. The SMILES string of the molecule is C/C=C(\C(=N)C(=O)OC)c1ccc(OC2CCCC2)c(-c2cccc(F)c2C2CCC2)c1. The fourth-order valence-corrected chi connectivity index (χ4v) is 4.75. The molecule has 4 rings (SSSR count). The number of rotatable bonds is 7. The zero-order valence-corrected chi connectivity index (χ0v) is 18.7. The minimum absolute atomic E-state index is 0.162. The molecule has 4 nitrogen and oxygen atoms in total. The number of nitrogens with one attached hydrogen (secondary N) is 1. The van der Waals surface area contributed by atoms with Crippen molar-refractivity contribution in [1.82, 2.24) is 0 Å². The van der Waals surface area contributed by atoms with Crippen molar-refractivity contribution in [3.8, 4) is 16.9 Å². The molecule has 2 aromatic rings. The van der Waals surface area contributed by atoms with Gasteiger partial charge in [0.25, 0.3) is 0 Å². The molecule has 168 valence electrons. The van der Waals surface area contributed by atoms with Crippen LogP contribution in [0.4, 0.5) is 4.39 Å². The first-order valence-corrected chi connectivity index (χ1v) is 11.5. The first-order chi connectivity index (χ1) is 15.5. The van der Waals surface area contributed by atoms with Gasteiger partial charge in [0.2, 0.25) is 0 Å². The molecule has 2 fully saturated rings. The summed E-state index contributed by atoms with van der Waals surface area (Å²) in [6.07, 6.45) is 9.33. The molecule has 2 saturated carbocycles. The Morgan fingerprint density at radius 1 is 1.06 bits per heavy atom. The molecule has 0 atom stereocenters. The van der Waals surface area contributed by atoms with Crippen molar-refractivity contribution in [2.45, 2.75) is 63.9 Å². The summed E-state index contributed by atoms with van der Waals surface area (Å²) in [5.41, 5.74) is 3.38. The van der Waals surface area contributed by atoms with E-state index < -0.39 is 5.97 Å². The van der Waals surface area contributed by atoms with Crippen LogP contribution in [-0.2, 0) is 9.53 Å². The Balaban J connectivity index is 1.83. The molecule has 0 spiro atoms. The maximum Gasteiger partial charge on any atom is 0.356 e. The van der Waals surface area contributed by atoms with Crippen LogP contribution in [0.2, 0.25) is 0 Å². The Morgan fingerprint density at radius 2 is 1.81 bits per heavy atom. The highest BCUT2D eigenvalue weighted by atomic mass is 19.1. The average molecular weight is 436 g/mol. The molecule has 0 bridgehead atoms. The molecule has 2 aliphatic rings. The quantitative estimate of drug-likeness (QED) is 0.390. The number of allylic oxidation sites excluding steroid dienone is 1. The van der Waals surface area contributed by atoms with E-state index in [1.165, 1.54) is 13.2 Å². The molecule has 0 aromatic heterocycles. The molecule has 0 heterocycles. The fourth-order valence-electron chi connectivity index (χ4n) is 4.75. The van der Waals surface area contributed by atoms with E-state index in [-0.39, 0.29) is 23.6 Å². The second kappa shape index (κ2) is 9.68. The van der Waals surface area contributed by atoms with Gasteiger partial charge >= 0.3 is 5.97 Å². The number of methoxy groups -OCH3 is 1. The van der Waals surface area contributed by atoms with Crippen LogP contribution in [-0.4, -0.2) is 24.9 Å². The summed E-state index contributed by atoms with van der Waals surface area (Å²) in [5.74, 6) is 0.0699. The Bertz CT molecular complexity index is 1050. The lowest BCUT2D eigenvalue weighted by Crippen LogP contribution is -2.17. The van der Waals surface area contributed by atoms with E-state index in [1.54, 1.807) is 19.1 Å². The van der Waals surface area contributed by atoms with Crippen LogP contribution in [0.25, 0.3) is 16.7 Å². The van der Waals surface area contributed by atoms with Gasteiger partial charge in [0, 0.05) is 11.1 Å². The van der Waals surface area contributed by atoms with E-state index >= 15 is 4.39 Å². The predicted molar refractivity (Wildman–Crippen MR) is 125 cm³/mol. The number of hydrogen-bond acceptors (Lipinski definition) is 4. The van der Waals surface area contributed by atoms with Gasteiger partial charge in [0.15, 0.2) is 0 Å². The first-order valence-electron chi connectivity index (χ1n) is 11.5. The standard InChI is InChI=1S/C27H30FNO3/c1-3-20(26(29)27(30)31-2)18-14-15-24(32-19-10-4-5-11-19)22(16-18)21-12-7-13-23(28)25(21)17-8-6-9-17/h3,7,12-17,19,29H,4-6,8-11H2,1-2H3/b20-3-,29-26?. The van der Waals surface area contributed by atoms with Crippen molar-refractivity contribution in [3.63, 3.8) is 0 Å². The molecule has 32 heavy (non-hydrogen) atoms. The van der Waals surface area contributed by atoms with Gasteiger partial charge in [-0.3, -0.25) is 5.41 Å². The summed E-state index contributed by atoms with van der Waals surface area (Å²) in [5, 5.41) is 8.25. The van der Waals surface area contributed by atoms with E-state index in [1.807, 2.05) is 24.3 Å². The van der Waals surface area contributed by atoms with Crippen LogP contribution in [0, 0.1) is 11.2 Å². The van der Waals surface area contributed by atoms with Gasteiger partial charge < -0.3 is 9.47 Å². The van der Waals surface area contributed by atoms with Crippen molar-refractivity contribution in [3.05, 3.63) is 59.4 Å². The number of carbonyl (C=O) groups excluding carboxylic acids is 1. The summed E-state index contributed by atoms with van der Waals surface area (Å²) in [6, 6.07) is 10.9. The number of hydrogen-bond donors (Lipinski definition) is 1. The minimum atomic E-state index is -0.688. The van der Waals surface area contributed by atoms with Gasteiger partial charge in [-0.05, 0) is 86.3 Å². The summed E-state index contributed by atoms with van der Waals surface area (Å²) in [4.78, 5) is 12.0. The Labute approximate surface area is 189 Å². The smallest absolute Gasteiger partial charge is 0.356 e. The van der Waals surface area contributed by atoms with Crippen LogP contribution in [0.15, 0.2) is 42.5 Å². The molecule has 0 saturated heterocycles. The average Bonchev–Trinajstić information content (AvgIpc) is 3.27. The zero-order valence-electron chi connectivity index (χ0n) is 18.7. The largest absolute Gasteiger partial charge is 0.490 e. The molecular weight excluding hydrogens is 405 g/mol. The Morgan fingerprint density at radius 3 is 2.44 bits per heavy atom. The van der Waals surface area contributed by atoms with E-state index in [0.29, 0.717) is 11.1 Å². The van der Waals surface area contributed by atoms with Crippen LogP contribution in [0.3, 0.4) is 0 Å². The summed E-state index contributed by atoms with van der Waals surface area (Å²) in [7, 11) is 1.27. The Hall–Kier alpha value is -2.95. The fraction of sp³-hybridized carbons (Fsp3) is 0.407. The third-order valence-electron chi connectivity index (χ3n) is 6.69. The van der Waals surface area contributed by atoms with E-state index in [2.05, 4.69) is 0 Å². The lowest BCUT2D eigenvalue weighted by atomic mass is 9.76. The highest BCUT2D eigenvalue weighted by Gasteiger charge is 2.28. The molecule has 5 heteroatoms. The van der Waals surface area contributed by atoms with Gasteiger partial charge in [-0.15, -0.1) is 0 Å². The number of benzene rings is 2. The van der Waals surface area contributed by atoms with Crippen molar-refractivity contribution >= 4 is 17.3 Å². The first kappa shape index (κ1) is 22.3. The van der Waals surface area contributed by atoms with E-state index in [4.69, 9.17) is 14.9 Å². The molecule has 0 aliphatic heterocycles. The predicted octanol–water partition coefficient (Wildman–Crippen LogP) is 6.68.